The number of nitrogens with zero attached hydrogens (tertiary/aromatic N) is 1. The minimum atomic E-state index is -1.18. The molecular formula is C23H23N3O6. The highest BCUT2D eigenvalue weighted by atomic mass is 16.5. The molecule has 2 rings (SSSR count). The number of imide groups is 1. The molecule has 9 heteroatoms. The van der Waals surface area contributed by atoms with Gasteiger partial charge in [-0.2, -0.15) is 5.26 Å². The first-order chi connectivity index (χ1) is 15.4. The van der Waals surface area contributed by atoms with Crippen LogP contribution in [0.2, 0.25) is 0 Å². The maximum absolute atomic E-state index is 12.1. The van der Waals surface area contributed by atoms with E-state index in [0.717, 1.165) is 11.6 Å². The molecule has 0 saturated heterocycles. The topological polar surface area (TPSA) is 127 Å². The second-order valence-corrected chi connectivity index (χ2v) is 6.43. The van der Waals surface area contributed by atoms with Gasteiger partial charge in [-0.25, -0.2) is 9.59 Å². The largest absolute Gasteiger partial charge is 0.493 e. The molecule has 1 unspecified atom stereocenters. The van der Waals surface area contributed by atoms with Gasteiger partial charge in [0.1, 0.15) is 6.07 Å². The lowest BCUT2D eigenvalue weighted by Crippen LogP contribution is -2.44. The van der Waals surface area contributed by atoms with Gasteiger partial charge < -0.3 is 19.5 Å². The van der Waals surface area contributed by atoms with Crippen LogP contribution in [-0.2, 0) is 20.9 Å². The third-order valence-electron chi connectivity index (χ3n) is 4.09. The molecule has 0 fully saturated rings. The Labute approximate surface area is 185 Å². The maximum Gasteiger partial charge on any atom is 0.331 e. The van der Waals surface area contributed by atoms with E-state index in [0.29, 0.717) is 17.1 Å². The first kappa shape index (κ1) is 24.0. The zero-order valence-electron chi connectivity index (χ0n) is 17.7. The van der Waals surface area contributed by atoms with Crippen molar-refractivity contribution >= 4 is 24.0 Å². The fraction of sp³-hybridized carbons (Fsp3) is 0.217. The predicted molar refractivity (Wildman–Crippen MR) is 116 cm³/mol. The zero-order chi connectivity index (χ0) is 23.3. The Bertz CT molecular complexity index is 1010. The zero-order valence-corrected chi connectivity index (χ0v) is 17.7. The monoisotopic (exact) mass is 437 g/mol. The molecule has 0 aliphatic rings. The fourth-order valence-corrected chi connectivity index (χ4v) is 2.48. The van der Waals surface area contributed by atoms with Crippen molar-refractivity contribution in [3.8, 4) is 17.6 Å². The lowest BCUT2D eigenvalue weighted by atomic mass is 10.2. The van der Waals surface area contributed by atoms with Gasteiger partial charge in [-0.1, -0.05) is 36.4 Å². The number of nitrogens with one attached hydrogen (secondary N) is 2. The van der Waals surface area contributed by atoms with Gasteiger partial charge in [0.05, 0.1) is 7.11 Å². The molecule has 9 nitrogen and oxygen atoms in total. The highest BCUT2D eigenvalue weighted by Crippen LogP contribution is 2.28. The first-order valence-electron chi connectivity index (χ1n) is 9.62. The smallest absolute Gasteiger partial charge is 0.331 e. The summed E-state index contributed by atoms with van der Waals surface area (Å²) >= 11 is 0. The number of benzene rings is 2. The van der Waals surface area contributed by atoms with E-state index in [9.17, 15) is 14.4 Å². The number of ether oxygens (including phenoxy) is 3. The highest BCUT2D eigenvalue weighted by molar-refractivity contribution is 5.98. The van der Waals surface area contributed by atoms with Crippen LogP contribution in [0.5, 0.6) is 11.5 Å². The number of amides is 3. The molecule has 3 amide bonds. The quantitative estimate of drug-likeness (QED) is 0.456. The Morgan fingerprint density at radius 1 is 1.12 bits per heavy atom. The number of carbonyl (C=O) groups excluding carboxylic acids is 3. The molecule has 0 spiro atoms. The summed E-state index contributed by atoms with van der Waals surface area (Å²) in [7, 11) is 1.45. The van der Waals surface area contributed by atoms with Crippen LogP contribution in [0.25, 0.3) is 6.08 Å². The van der Waals surface area contributed by atoms with Crippen LogP contribution in [0.15, 0.2) is 54.6 Å². The van der Waals surface area contributed by atoms with Gasteiger partial charge in [0.2, 0.25) is 0 Å². The van der Waals surface area contributed by atoms with Crippen molar-refractivity contribution in [2.75, 3.05) is 13.7 Å². The van der Waals surface area contributed by atoms with Crippen molar-refractivity contribution in [3.63, 3.8) is 0 Å². The summed E-state index contributed by atoms with van der Waals surface area (Å²) in [6, 6.07) is 15.2. The molecule has 2 N–H and O–H groups in total. The molecule has 2 aromatic rings. The lowest BCUT2D eigenvalue weighted by Gasteiger charge is -2.12. The van der Waals surface area contributed by atoms with Crippen molar-refractivity contribution in [2.24, 2.45) is 0 Å². The molecule has 0 bridgehead atoms. The van der Waals surface area contributed by atoms with Crippen LogP contribution in [0.1, 0.15) is 18.1 Å². The highest BCUT2D eigenvalue weighted by Gasteiger charge is 2.19. The molecule has 0 aliphatic heterocycles. The summed E-state index contributed by atoms with van der Waals surface area (Å²) in [6.07, 6.45) is 1.44. The van der Waals surface area contributed by atoms with Gasteiger partial charge in [0.25, 0.3) is 5.91 Å². The molecular weight excluding hydrogens is 414 g/mol. The number of hydrogen-bond donors (Lipinski definition) is 2. The molecule has 0 aromatic heterocycles. The minimum absolute atomic E-state index is 0.123. The third-order valence-corrected chi connectivity index (χ3v) is 4.09. The van der Waals surface area contributed by atoms with E-state index in [4.69, 9.17) is 19.5 Å². The third kappa shape index (κ3) is 7.84. The van der Waals surface area contributed by atoms with Crippen LogP contribution in [0, 0.1) is 11.3 Å². The standard InChI is InChI=1S/C23H23N3O6/c1-16(22(28)26-23(29)25-15-18-6-4-3-5-7-18)32-21(27)11-9-17-8-10-19(31-13-12-24)20(14-17)30-2/h3-11,14,16H,13,15H2,1-2H3,(H2,25,26,28,29)/b11-9+. The summed E-state index contributed by atoms with van der Waals surface area (Å²) in [4.78, 5) is 35.9. The van der Waals surface area contributed by atoms with E-state index in [2.05, 4.69) is 10.6 Å². The normalized spacial score (nSPS) is 11.2. The Hall–Kier alpha value is -4.32. The van der Waals surface area contributed by atoms with Gasteiger partial charge in [-0.05, 0) is 36.3 Å². The fourth-order valence-electron chi connectivity index (χ4n) is 2.48. The molecule has 0 aliphatic carbocycles. The van der Waals surface area contributed by atoms with E-state index in [1.54, 1.807) is 18.2 Å². The Morgan fingerprint density at radius 2 is 1.88 bits per heavy atom. The van der Waals surface area contributed by atoms with E-state index in [1.807, 2.05) is 36.4 Å². The summed E-state index contributed by atoms with van der Waals surface area (Å²) < 4.78 is 15.4. The molecule has 0 heterocycles. The first-order valence-corrected chi connectivity index (χ1v) is 9.62. The number of carbonyl (C=O) groups is 3. The van der Waals surface area contributed by atoms with E-state index in [-0.39, 0.29) is 13.2 Å². The van der Waals surface area contributed by atoms with Crippen molar-refractivity contribution in [1.29, 1.82) is 5.26 Å². The molecule has 0 saturated carbocycles. The summed E-state index contributed by atoms with van der Waals surface area (Å²) in [5.41, 5.74) is 1.49. The molecule has 2 aromatic carbocycles. The van der Waals surface area contributed by atoms with Crippen molar-refractivity contribution in [2.45, 2.75) is 19.6 Å². The van der Waals surface area contributed by atoms with Crippen LogP contribution < -0.4 is 20.1 Å². The van der Waals surface area contributed by atoms with Gasteiger partial charge in [0.15, 0.2) is 24.2 Å². The number of methoxy groups -OCH3 is 1. The SMILES string of the molecule is COc1cc(/C=C/C(=O)OC(C)C(=O)NC(=O)NCc2ccccc2)ccc1OCC#N. The Balaban J connectivity index is 1.83. The Kier molecular flexibility index (Phi) is 9.28. The summed E-state index contributed by atoms with van der Waals surface area (Å²) in [6.45, 7) is 1.48. The number of urea groups is 1. The van der Waals surface area contributed by atoms with E-state index < -0.39 is 24.0 Å². The molecule has 1 atom stereocenters. The maximum atomic E-state index is 12.1. The van der Waals surface area contributed by atoms with Crippen LogP contribution >= 0.6 is 0 Å². The summed E-state index contributed by atoms with van der Waals surface area (Å²) in [5, 5.41) is 13.3. The molecule has 0 radical (unpaired) electrons. The van der Waals surface area contributed by atoms with Crippen LogP contribution in [0.3, 0.4) is 0 Å². The second-order valence-electron chi connectivity index (χ2n) is 6.43. The van der Waals surface area contributed by atoms with Crippen molar-refractivity contribution in [1.82, 2.24) is 10.6 Å². The van der Waals surface area contributed by atoms with Crippen molar-refractivity contribution < 1.29 is 28.6 Å². The second kappa shape index (κ2) is 12.4. The molecule has 32 heavy (non-hydrogen) atoms. The van der Waals surface area contributed by atoms with Crippen molar-refractivity contribution in [3.05, 3.63) is 65.7 Å². The predicted octanol–water partition coefficient (Wildman–Crippen LogP) is 2.57. The lowest BCUT2D eigenvalue weighted by molar-refractivity contribution is -0.149. The van der Waals surface area contributed by atoms with Gasteiger partial charge >= 0.3 is 12.0 Å². The Morgan fingerprint density at radius 3 is 2.56 bits per heavy atom. The van der Waals surface area contributed by atoms with Crippen LogP contribution in [0.4, 0.5) is 4.79 Å². The summed E-state index contributed by atoms with van der Waals surface area (Å²) in [5.74, 6) is -0.728. The minimum Gasteiger partial charge on any atom is -0.493 e. The number of rotatable bonds is 9. The number of nitriles is 1. The van der Waals surface area contributed by atoms with E-state index >= 15 is 0 Å². The van der Waals surface area contributed by atoms with E-state index in [1.165, 1.54) is 20.1 Å². The van der Waals surface area contributed by atoms with Gasteiger partial charge in [0, 0.05) is 12.6 Å². The number of esters is 1. The number of hydrogen-bond acceptors (Lipinski definition) is 7. The average molecular weight is 437 g/mol. The van der Waals surface area contributed by atoms with Crippen LogP contribution in [-0.4, -0.2) is 37.7 Å². The van der Waals surface area contributed by atoms with Gasteiger partial charge in [-0.15, -0.1) is 0 Å². The molecule has 166 valence electrons. The average Bonchev–Trinajstić information content (AvgIpc) is 2.80. The van der Waals surface area contributed by atoms with Gasteiger partial charge in [-0.3, -0.25) is 10.1 Å².